The van der Waals surface area contributed by atoms with Gasteiger partial charge in [-0.15, -0.1) is 23.8 Å². The Hall–Kier alpha value is 1.29. The van der Waals surface area contributed by atoms with Gasteiger partial charge in [0.25, 0.3) is 0 Å². The maximum Gasteiger partial charge on any atom is -0.0303 e. The van der Waals surface area contributed by atoms with Crippen LogP contribution in [0.25, 0.3) is 0 Å². The molecule has 0 saturated carbocycles. The lowest BCUT2D eigenvalue weighted by molar-refractivity contribution is 0.736. The monoisotopic (exact) mass is 390 g/mol. The van der Waals surface area contributed by atoms with Crippen molar-refractivity contribution in [2.75, 3.05) is 55.5 Å². The zero-order valence-electron chi connectivity index (χ0n) is 17.6. The highest BCUT2D eigenvalue weighted by Crippen LogP contribution is 2.48. The van der Waals surface area contributed by atoms with Crippen LogP contribution in [0.1, 0.15) is 60.8 Å². The van der Waals surface area contributed by atoms with Crippen molar-refractivity contribution in [1.29, 1.82) is 0 Å². The van der Waals surface area contributed by atoms with Gasteiger partial charge in [-0.3, -0.25) is 0 Å². The van der Waals surface area contributed by atoms with E-state index in [9.17, 15) is 0 Å². The topological polar surface area (TPSA) is 0 Å². The summed E-state index contributed by atoms with van der Waals surface area (Å²) >= 11 is 0. The van der Waals surface area contributed by atoms with Crippen molar-refractivity contribution in [3.05, 3.63) is 0 Å². The molecule has 0 radical (unpaired) electrons. The molecule has 0 bridgehead atoms. The normalized spacial score (nSPS) is 28.1. The highest BCUT2D eigenvalue weighted by molar-refractivity contribution is 7.59. The smallest absolute Gasteiger partial charge is 0.0303 e. The van der Waals surface area contributed by atoms with Crippen LogP contribution in [-0.4, -0.2) is 55.5 Å². The molecule has 0 unspecified atom stereocenters. The first-order valence-corrected chi connectivity index (χ1v) is 16.2. The molecular formula is C21H45P3. The molecule has 0 atom stereocenters. The average Bonchev–Trinajstić information content (AvgIpc) is 2.43. The first-order chi connectivity index (χ1) is 11.4. The van der Waals surface area contributed by atoms with Crippen LogP contribution in [0.5, 0.6) is 0 Å². The molecule has 0 spiro atoms. The molecular weight excluding hydrogens is 345 g/mol. The fourth-order valence-electron chi connectivity index (χ4n) is 3.99. The molecule has 1 aliphatic rings. The third-order valence-electron chi connectivity index (χ3n) is 4.72. The van der Waals surface area contributed by atoms with Crippen LogP contribution in [0.3, 0.4) is 0 Å². The van der Waals surface area contributed by atoms with Gasteiger partial charge in [-0.2, -0.15) is 0 Å². The summed E-state index contributed by atoms with van der Waals surface area (Å²) in [5.74, 6) is 2.75. The molecule has 144 valence electrons. The van der Waals surface area contributed by atoms with Gasteiger partial charge in [0.1, 0.15) is 0 Å². The molecule has 1 saturated heterocycles. The van der Waals surface area contributed by atoms with Crippen molar-refractivity contribution in [1.82, 2.24) is 0 Å². The van der Waals surface area contributed by atoms with Gasteiger partial charge in [0.15, 0.2) is 0 Å². The summed E-state index contributed by atoms with van der Waals surface area (Å²) in [6.45, 7) is 14.6. The summed E-state index contributed by atoms with van der Waals surface area (Å²) in [6, 6.07) is 0. The van der Waals surface area contributed by atoms with Gasteiger partial charge >= 0.3 is 0 Å². The Morgan fingerprint density at radius 3 is 0.833 bits per heavy atom. The second kappa shape index (κ2) is 13.5. The van der Waals surface area contributed by atoms with E-state index in [4.69, 9.17) is 0 Å². The van der Waals surface area contributed by atoms with Gasteiger partial charge in [-0.05, 0) is 92.5 Å². The third-order valence-corrected chi connectivity index (χ3v) is 14.1. The van der Waals surface area contributed by atoms with Gasteiger partial charge in [-0.1, -0.05) is 41.5 Å². The maximum absolute atomic E-state index is 2.44. The van der Waals surface area contributed by atoms with Crippen LogP contribution in [-0.2, 0) is 0 Å². The summed E-state index contributed by atoms with van der Waals surface area (Å²) in [5.41, 5.74) is 0. The Bertz CT molecular complexity index is 242. The molecule has 0 aromatic heterocycles. The number of hydrogen-bond acceptors (Lipinski definition) is 0. The molecule has 24 heavy (non-hydrogen) atoms. The molecule has 1 rings (SSSR count). The van der Waals surface area contributed by atoms with Crippen LogP contribution in [0.4, 0.5) is 0 Å². The molecule has 0 N–H and O–H groups in total. The molecule has 0 nitrogen and oxygen atoms in total. The van der Waals surface area contributed by atoms with E-state index in [1.807, 2.05) is 0 Å². The van der Waals surface area contributed by atoms with E-state index in [0.717, 1.165) is 17.8 Å². The average molecular weight is 391 g/mol. The van der Waals surface area contributed by atoms with Crippen molar-refractivity contribution in [2.24, 2.45) is 17.8 Å². The lowest BCUT2D eigenvalue weighted by Gasteiger charge is -2.27. The van der Waals surface area contributed by atoms with Crippen molar-refractivity contribution in [2.45, 2.75) is 60.8 Å². The van der Waals surface area contributed by atoms with E-state index in [1.54, 1.807) is 74.7 Å². The summed E-state index contributed by atoms with van der Waals surface area (Å²) in [5, 5.41) is 0. The SMILES string of the molecule is CC(C)CP1CCCP(CC(C)C)CCCP(CC(C)C)CCC1. The van der Waals surface area contributed by atoms with Crippen LogP contribution < -0.4 is 0 Å². The molecule has 3 heteroatoms. The predicted octanol–water partition coefficient (Wildman–Crippen LogP) is 7.58. The van der Waals surface area contributed by atoms with Gasteiger partial charge < -0.3 is 0 Å². The summed E-state index contributed by atoms with van der Waals surface area (Å²) in [6.07, 6.45) is 18.8. The van der Waals surface area contributed by atoms with Crippen LogP contribution in [0.15, 0.2) is 0 Å². The Labute approximate surface area is 158 Å². The quantitative estimate of drug-likeness (QED) is 0.410. The maximum atomic E-state index is 2.44. The number of rotatable bonds is 6. The minimum atomic E-state index is 0.338. The molecule has 0 amide bonds. The van der Waals surface area contributed by atoms with E-state index < -0.39 is 0 Å². The zero-order chi connectivity index (χ0) is 17.9. The van der Waals surface area contributed by atoms with Crippen LogP contribution in [0.2, 0.25) is 0 Å². The summed E-state index contributed by atoms with van der Waals surface area (Å²) < 4.78 is 0. The van der Waals surface area contributed by atoms with Crippen molar-refractivity contribution < 1.29 is 0 Å². The van der Waals surface area contributed by atoms with Gasteiger partial charge in [-0.25, -0.2) is 0 Å². The lowest BCUT2D eigenvalue weighted by Crippen LogP contribution is -2.09. The minimum absolute atomic E-state index is 0.338. The molecule has 0 aromatic rings. The molecule has 0 aromatic carbocycles. The van der Waals surface area contributed by atoms with Crippen LogP contribution in [0, 0.1) is 17.8 Å². The summed E-state index contributed by atoms with van der Waals surface area (Å²) in [7, 11) is 1.01. The first kappa shape index (κ1) is 23.3. The molecule has 1 heterocycles. The third kappa shape index (κ3) is 11.8. The molecule has 1 fully saturated rings. The van der Waals surface area contributed by atoms with E-state index in [-0.39, 0.29) is 0 Å². The van der Waals surface area contributed by atoms with Gasteiger partial charge in [0.2, 0.25) is 0 Å². The van der Waals surface area contributed by atoms with E-state index in [0.29, 0.717) is 23.8 Å². The molecule has 1 aliphatic heterocycles. The highest BCUT2D eigenvalue weighted by atomic mass is 31.1. The highest BCUT2D eigenvalue weighted by Gasteiger charge is 2.18. The minimum Gasteiger partial charge on any atom is -0.106 e. The van der Waals surface area contributed by atoms with Crippen LogP contribution >= 0.6 is 23.8 Å². The standard InChI is InChI=1S/C21H45P3/c1-19(2)16-22-10-7-12-23(17-20(3)4)14-9-15-24(13-8-11-22)18-21(5)6/h19-21H,7-18H2,1-6H3. The summed E-state index contributed by atoms with van der Waals surface area (Å²) in [4.78, 5) is 0. The second-order valence-corrected chi connectivity index (χ2v) is 16.9. The Kier molecular flexibility index (Phi) is 13.1. The van der Waals surface area contributed by atoms with Gasteiger partial charge in [0.05, 0.1) is 0 Å². The van der Waals surface area contributed by atoms with Crippen molar-refractivity contribution in [3.63, 3.8) is 0 Å². The van der Waals surface area contributed by atoms with Gasteiger partial charge in [0, 0.05) is 0 Å². The Balaban J connectivity index is 2.62. The van der Waals surface area contributed by atoms with Crippen molar-refractivity contribution >= 4 is 23.8 Å². The Morgan fingerprint density at radius 1 is 0.458 bits per heavy atom. The fourth-order valence-corrected chi connectivity index (χ4v) is 13.2. The molecule has 0 aliphatic carbocycles. The fraction of sp³-hybridized carbons (Fsp3) is 1.00. The van der Waals surface area contributed by atoms with E-state index >= 15 is 0 Å². The largest absolute Gasteiger partial charge is 0.106 e. The second-order valence-electron chi connectivity index (χ2n) is 9.14. The van der Waals surface area contributed by atoms with E-state index in [1.165, 1.54) is 0 Å². The Morgan fingerprint density at radius 2 is 0.667 bits per heavy atom. The predicted molar refractivity (Wildman–Crippen MR) is 123 cm³/mol. The lowest BCUT2D eigenvalue weighted by atomic mass is 10.3. The first-order valence-electron chi connectivity index (χ1n) is 10.5. The zero-order valence-corrected chi connectivity index (χ0v) is 20.2. The number of hydrogen-bond donors (Lipinski definition) is 0. The van der Waals surface area contributed by atoms with Crippen molar-refractivity contribution in [3.8, 4) is 0 Å². The van der Waals surface area contributed by atoms with E-state index in [2.05, 4.69) is 41.5 Å².